The first-order valence-electron chi connectivity index (χ1n) is 8.03. The van der Waals surface area contributed by atoms with Gasteiger partial charge in [0.25, 0.3) is 0 Å². The van der Waals surface area contributed by atoms with Gasteiger partial charge in [0.05, 0.1) is 12.3 Å². The summed E-state index contributed by atoms with van der Waals surface area (Å²) in [5.74, 6) is 1.61. The molecule has 4 nitrogen and oxygen atoms in total. The minimum absolute atomic E-state index is 0.597. The maximum Gasteiger partial charge on any atom is 0.203 e. The number of nitrogens with zero attached hydrogens (tertiary/aromatic N) is 2. The Morgan fingerprint density at radius 1 is 1.35 bits per heavy atom. The van der Waals surface area contributed by atoms with E-state index in [4.69, 9.17) is 4.74 Å². The number of imidazole rings is 1. The van der Waals surface area contributed by atoms with Gasteiger partial charge in [0.1, 0.15) is 0 Å². The highest BCUT2D eigenvalue weighted by Gasteiger charge is 2.15. The van der Waals surface area contributed by atoms with Crippen molar-refractivity contribution in [3.8, 4) is 0 Å². The molecule has 20 heavy (non-hydrogen) atoms. The van der Waals surface area contributed by atoms with E-state index in [-0.39, 0.29) is 0 Å². The summed E-state index contributed by atoms with van der Waals surface area (Å²) in [4.78, 5) is 4.61. The van der Waals surface area contributed by atoms with Crippen molar-refractivity contribution < 1.29 is 4.74 Å². The summed E-state index contributed by atoms with van der Waals surface area (Å²) in [7, 11) is 0. The van der Waals surface area contributed by atoms with Crippen molar-refractivity contribution in [3.63, 3.8) is 0 Å². The van der Waals surface area contributed by atoms with Gasteiger partial charge in [0, 0.05) is 25.4 Å². The average Bonchev–Trinajstić information content (AvgIpc) is 2.76. The van der Waals surface area contributed by atoms with Crippen LogP contribution < -0.4 is 5.32 Å². The van der Waals surface area contributed by atoms with Crippen LogP contribution in [-0.4, -0.2) is 28.8 Å². The van der Waals surface area contributed by atoms with Gasteiger partial charge in [-0.25, -0.2) is 4.98 Å². The molecule has 0 aromatic carbocycles. The maximum absolute atomic E-state index is 5.68. The van der Waals surface area contributed by atoms with Gasteiger partial charge in [-0.05, 0) is 25.7 Å². The van der Waals surface area contributed by atoms with Gasteiger partial charge in [-0.1, -0.05) is 33.1 Å². The molecule has 1 heterocycles. The molecular weight excluding hydrogens is 250 g/mol. The monoisotopic (exact) mass is 279 g/mol. The highest BCUT2D eigenvalue weighted by Crippen LogP contribution is 2.21. The van der Waals surface area contributed by atoms with Crippen molar-refractivity contribution in [3.05, 3.63) is 11.9 Å². The summed E-state index contributed by atoms with van der Waals surface area (Å²) >= 11 is 0. The third kappa shape index (κ3) is 4.82. The van der Waals surface area contributed by atoms with Crippen LogP contribution in [0.1, 0.15) is 51.6 Å². The van der Waals surface area contributed by atoms with E-state index in [0.717, 1.165) is 31.4 Å². The number of aryl methyl sites for hydroxylation is 1. The van der Waals surface area contributed by atoms with Crippen LogP contribution in [0.3, 0.4) is 0 Å². The van der Waals surface area contributed by atoms with Crippen molar-refractivity contribution in [2.45, 2.75) is 65.5 Å². The Bertz CT molecular complexity index is 394. The molecule has 1 N–H and O–H groups in total. The molecule has 2 rings (SSSR count). The molecule has 4 heteroatoms. The Kier molecular flexibility index (Phi) is 5.89. The third-order valence-corrected chi connectivity index (χ3v) is 3.76. The molecule has 0 unspecified atom stereocenters. The highest BCUT2D eigenvalue weighted by atomic mass is 16.5. The van der Waals surface area contributed by atoms with Gasteiger partial charge in [0.2, 0.25) is 5.95 Å². The van der Waals surface area contributed by atoms with Crippen LogP contribution in [0.15, 0.2) is 6.20 Å². The number of ether oxygens (including phenoxy) is 1. The molecule has 0 radical (unpaired) electrons. The zero-order valence-electron chi connectivity index (χ0n) is 13.2. The molecular formula is C16H29N3O. The fraction of sp³-hybridized carbons (Fsp3) is 0.812. The van der Waals surface area contributed by atoms with Crippen molar-refractivity contribution >= 4 is 5.95 Å². The minimum atomic E-state index is 0.597. The fourth-order valence-corrected chi connectivity index (χ4v) is 2.74. The van der Waals surface area contributed by atoms with Crippen molar-refractivity contribution in [2.75, 3.05) is 18.5 Å². The van der Waals surface area contributed by atoms with Crippen molar-refractivity contribution in [1.29, 1.82) is 0 Å². The molecule has 0 atom stereocenters. The van der Waals surface area contributed by atoms with Crippen LogP contribution in [0.2, 0.25) is 0 Å². The van der Waals surface area contributed by atoms with Gasteiger partial charge in [-0.3, -0.25) is 0 Å². The summed E-state index contributed by atoms with van der Waals surface area (Å²) in [6.07, 6.45) is 8.73. The molecule has 1 aromatic heterocycles. The summed E-state index contributed by atoms with van der Waals surface area (Å²) < 4.78 is 7.88. The summed E-state index contributed by atoms with van der Waals surface area (Å²) in [6, 6.07) is 0.598. The third-order valence-electron chi connectivity index (χ3n) is 3.76. The first-order chi connectivity index (χ1) is 9.65. The maximum atomic E-state index is 5.68. The second-order valence-corrected chi connectivity index (χ2v) is 6.35. The standard InChI is InChI=1S/C16H29N3O/c1-13(2)12-20-10-9-19-11-14(3)17-16(19)18-15-7-5-4-6-8-15/h11,13,15H,4-10,12H2,1-3H3,(H,17,18). The van der Waals surface area contributed by atoms with E-state index in [1.165, 1.54) is 32.1 Å². The topological polar surface area (TPSA) is 39.1 Å². The molecule has 0 spiro atoms. The van der Waals surface area contributed by atoms with Crippen LogP contribution in [0.5, 0.6) is 0 Å². The molecule has 0 bridgehead atoms. The van der Waals surface area contributed by atoms with Gasteiger partial charge in [0.15, 0.2) is 0 Å². The van der Waals surface area contributed by atoms with Gasteiger partial charge >= 0.3 is 0 Å². The lowest BCUT2D eigenvalue weighted by Crippen LogP contribution is -2.24. The Morgan fingerprint density at radius 2 is 2.10 bits per heavy atom. The van der Waals surface area contributed by atoms with E-state index in [1.807, 2.05) is 0 Å². The normalized spacial score (nSPS) is 16.8. The highest BCUT2D eigenvalue weighted by molar-refractivity contribution is 5.30. The molecule has 1 aromatic rings. The van der Waals surface area contributed by atoms with E-state index in [2.05, 4.69) is 41.8 Å². The number of rotatable bonds is 7. The summed E-state index contributed by atoms with van der Waals surface area (Å²) in [6.45, 7) is 8.88. The lowest BCUT2D eigenvalue weighted by atomic mass is 9.96. The van der Waals surface area contributed by atoms with Crippen LogP contribution in [0.25, 0.3) is 0 Å². The molecule has 0 amide bonds. The molecule has 1 aliphatic rings. The van der Waals surface area contributed by atoms with Gasteiger partial charge < -0.3 is 14.6 Å². The molecule has 0 aliphatic heterocycles. The Hall–Kier alpha value is -1.03. The summed E-state index contributed by atoms with van der Waals surface area (Å²) in [5.41, 5.74) is 1.08. The van der Waals surface area contributed by atoms with E-state index in [0.29, 0.717) is 12.0 Å². The zero-order valence-corrected chi connectivity index (χ0v) is 13.2. The second-order valence-electron chi connectivity index (χ2n) is 6.35. The number of hydrogen-bond donors (Lipinski definition) is 1. The predicted octanol–water partition coefficient (Wildman–Crippen LogP) is 3.61. The Morgan fingerprint density at radius 3 is 2.80 bits per heavy atom. The second kappa shape index (κ2) is 7.67. The van der Waals surface area contributed by atoms with Crippen LogP contribution >= 0.6 is 0 Å². The van der Waals surface area contributed by atoms with Crippen LogP contribution in [0.4, 0.5) is 5.95 Å². The predicted molar refractivity (Wildman–Crippen MR) is 83.1 cm³/mol. The number of anilines is 1. The van der Waals surface area contributed by atoms with Crippen LogP contribution in [-0.2, 0) is 11.3 Å². The number of aromatic nitrogens is 2. The van der Waals surface area contributed by atoms with E-state index in [9.17, 15) is 0 Å². The molecule has 114 valence electrons. The first kappa shape index (κ1) is 15.4. The smallest absolute Gasteiger partial charge is 0.203 e. The van der Waals surface area contributed by atoms with E-state index < -0.39 is 0 Å². The fourth-order valence-electron chi connectivity index (χ4n) is 2.74. The first-order valence-corrected chi connectivity index (χ1v) is 8.03. The minimum Gasteiger partial charge on any atom is -0.379 e. The van der Waals surface area contributed by atoms with Gasteiger partial charge in [-0.2, -0.15) is 0 Å². The quantitative estimate of drug-likeness (QED) is 0.775. The average molecular weight is 279 g/mol. The Balaban J connectivity index is 1.84. The lowest BCUT2D eigenvalue weighted by Gasteiger charge is -2.23. The molecule has 0 saturated heterocycles. The number of hydrogen-bond acceptors (Lipinski definition) is 3. The van der Waals surface area contributed by atoms with E-state index in [1.54, 1.807) is 0 Å². The van der Waals surface area contributed by atoms with E-state index >= 15 is 0 Å². The van der Waals surface area contributed by atoms with Crippen molar-refractivity contribution in [1.82, 2.24) is 9.55 Å². The van der Waals surface area contributed by atoms with Gasteiger partial charge in [-0.15, -0.1) is 0 Å². The molecule has 1 saturated carbocycles. The molecule has 1 aliphatic carbocycles. The van der Waals surface area contributed by atoms with Crippen molar-refractivity contribution in [2.24, 2.45) is 5.92 Å². The number of nitrogens with one attached hydrogen (secondary N) is 1. The Labute approximate surface area is 122 Å². The SMILES string of the molecule is Cc1cn(CCOCC(C)C)c(NC2CCCCC2)n1. The summed E-state index contributed by atoms with van der Waals surface area (Å²) in [5, 5.41) is 3.62. The largest absolute Gasteiger partial charge is 0.379 e. The molecule has 1 fully saturated rings. The lowest BCUT2D eigenvalue weighted by molar-refractivity contribution is 0.103. The van der Waals surface area contributed by atoms with Crippen LogP contribution in [0, 0.1) is 12.8 Å². The zero-order chi connectivity index (χ0) is 14.4.